The van der Waals surface area contributed by atoms with Gasteiger partial charge >= 0.3 is 45.2 Å². The molecule has 0 saturated carbocycles. The van der Waals surface area contributed by atoms with Gasteiger partial charge in [-0.2, -0.15) is 0 Å². The van der Waals surface area contributed by atoms with E-state index in [0.29, 0.717) is 0 Å². The molecule has 25 heavy (non-hydrogen) atoms. The zero-order chi connectivity index (χ0) is 18.8. The van der Waals surface area contributed by atoms with Crippen molar-refractivity contribution >= 4 is 10.9 Å². The second kappa shape index (κ2) is 19.4. The molecule has 0 N–H and O–H groups in total. The maximum atomic E-state index is 7.50. The number of rotatable bonds is 1. The summed E-state index contributed by atoms with van der Waals surface area (Å²) in [5.41, 5.74) is 3.03. The summed E-state index contributed by atoms with van der Waals surface area (Å²) < 4.78 is 30.0. The summed E-state index contributed by atoms with van der Waals surface area (Å²) in [5, 5.41) is 1.17. The molecule has 1 aromatic heterocycles. The standard InChI is InChI=1S/C15H10N.4CO.Mn/c1-2-6-12(7-3-1)15-11-10-13-8-4-5-9-14(13)16-15;4*1-2;/h1-6,8-11H;;;;;/q-1;;;;;. The molecule has 0 aliphatic heterocycles. The molecule has 1 radical (unpaired) electrons. The number of hydrogen-bond donors (Lipinski definition) is 0. The number of para-hydroxylation sites is 1. The molecular formula is C19H10MnNO4-. The Morgan fingerprint density at radius 2 is 1.24 bits per heavy atom. The van der Waals surface area contributed by atoms with E-state index in [1.807, 2.05) is 48.5 Å². The van der Waals surface area contributed by atoms with Crippen LogP contribution in [0.25, 0.3) is 22.2 Å². The Morgan fingerprint density at radius 1 is 0.680 bits per heavy atom. The second-order valence-electron chi connectivity index (χ2n) is 3.67. The Bertz CT molecular complexity index is 772. The van der Waals surface area contributed by atoms with Crippen LogP contribution in [0.1, 0.15) is 0 Å². The van der Waals surface area contributed by atoms with E-state index in [1.54, 1.807) is 0 Å². The van der Waals surface area contributed by atoms with Crippen LogP contribution in [0.3, 0.4) is 0 Å². The third kappa shape index (κ3) is 9.26. The second-order valence-corrected chi connectivity index (χ2v) is 3.67. The van der Waals surface area contributed by atoms with Crippen molar-refractivity contribution in [3.05, 3.63) is 93.3 Å². The molecule has 3 aromatic rings. The van der Waals surface area contributed by atoms with Crippen LogP contribution in [0.15, 0.2) is 60.7 Å². The van der Waals surface area contributed by atoms with Crippen molar-refractivity contribution in [3.8, 4) is 11.3 Å². The predicted molar refractivity (Wildman–Crippen MR) is 81.7 cm³/mol. The molecule has 3 rings (SSSR count). The summed E-state index contributed by atoms with van der Waals surface area (Å²) in [6.45, 7) is 18.0. The molecule has 6 heteroatoms. The van der Waals surface area contributed by atoms with E-state index < -0.39 is 0 Å². The SMILES string of the molecule is [C-]#[O+].[C-]#[O+].[C-]#[O+].[C-]#[O+].[Mn].[c-]1ccccc1-c1ccc2ccccc2n1. The number of pyridine rings is 1. The fourth-order valence-electron chi connectivity index (χ4n) is 1.77. The minimum Gasteiger partial charge on any atom is -0.296 e. The molecule has 0 spiro atoms. The Hall–Kier alpha value is -2.67. The van der Waals surface area contributed by atoms with Crippen LogP contribution in [-0.4, -0.2) is 4.98 Å². The Balaban J connectivity index is -0.000000478. The van der Waals surface area contributed by atoms with Gasteiger partial charge in [-0.25, -0.2) is 0 Å². The summed E-state index contributed by atoms with van der Waals surface area (Å²) in [5.74, 6) is 0. The first-order chi connectivity index (χ1) is 11.9. The summed E-state index contributed by atoms with van der Waals surface area (Å²) in [6.07, 6.45) is 0. The van der Waals surface area contributed by atoms with Gasteiger partial charge in [0.25, 0.3) is 0 Å². The van der Waals surface area contributed by atoms with Crippen LogP contribution in [0.4, 0.5) is 0 Å². The maximum absolute atomic E-state index is 7.50. The molecule has 0 amide bonds. The number of aromatic nitrogens is 1. The van der Waals surface area contributed by atoms with E-state index in [4.69, 9.17) is 18.6 Å². The minimum absolute atomic E-state index is 0. The van der Waals surface area contributed by atoms with E-state index >= 15 is 0 Å². The van der Waals surface area contributed by atoms with Crippen molar-refractivity contribution in [2.24, 2.45) is 0 Å². The van der Waals surface area contributed by atoms with E-state index in [2.05, 4.69) is 49.8 Å². The predicted octanol–water partition coefficient (Wildman–Crippen LogP) is 3.55. The molecular weight excluding hydrogens is 361 g/mol. The van der Waals surface area contributed by atoms with Crippen molar-refractivity contribution in [2.75, 3.05) is 0 Å². The zero-order valence-corrected chi connectivity index (χ0v) is 13.9. The van der Waals surface area contributed by atoms with E-state index in [1.165, 1.54) is 5.39 Å². The maximum Gasteiger partial charge on any atom is 0.0595 e. The summed E-state index contributed by atoms with van der Waals surface area (Å²) in [4.78, 5) is 4.61. The average molecular weight is 371 g/mol. The molecule has 0 unspecified atom stereocenters. The van der Waals surface area contributed by atoms with Gasteiger partial charge in [0.2, 0.25) is 0 Å². The van der Waals surface area contributed by atoms with Crippen molar-refractivity contribution < 1.29 is 35.7 Å². The van der Waals surface area contributed by atoms with Crippen LogP contribution in [0.2, 0.25) is 0 Å². The number of fused-ring (bicyclic) bond motifs is 1. The average Bonchev–Trinajstić information content (AvgIpc) is 2.74. The fourth-order valence-corrected chi connectivity index (χ4v) is 1.77. The first-order valence-corrected chi connectivity index (χ1v) is 6.08. The van der Waals surface area contributed by atoms with Crippen molar-refractivity contribution in [1.82, 2.24) is 4.98 Å². The van der Waals surface area contributed by atoms with E-state index in [-0.39, 0.29) is 17.1 Å². The summed E-state index contributed by atoms with van der Waals surface area (Å²) in [6, 6.07) is 23.4. The van der Waals surface area contributed by atoms with Gasteiger partial charge in [-0.3, -0.25) is 4.98 Å². The van der Waals surface area contributed by atoms with E-state index in [0.717, 1.165) is 16.8 Å². The quantitative estimate of drug-likeness (QED) is 0.365. The normalized spacial score (nSPS) is 7.04. The molecule has 0 aliphatic carbocycles. The number of nitrogens with zero attached hydrogens (tertiary/aromatic N) is 1. The Labute approximate surface area is 156 Å². The monoisotopic (exact) mass is 371 g/mol. The minimum atomic E-state index is 0. The number of benzene rings is 2. The first kappa shape index (κ1) is 27.2. The van der Waals surface area contributed by atoms with Gasteiger partial charge in [-0.05, 0) is 17.1 Å². The van der Waals surface area contributed by atoms with Gasteiger partial charge in [0.05, 0.1) is 5.52 Å². The van der Waals surface area contributed by atoms with E-state index in [9.17, 15) is 0 Å². The molecule has 123 valence electrons. The Kier molecular flexibility index (Phi) is 21.1. The smallest absolute Gasteiger partial charge is 0.0595 e. The fraction of sp³-hybridized carbons (Fsp3) is 0. The molecule has 0 bridgehead atoms. The largest absolute Gasteiger partial charge is 0.296 e. The van der Waals surface area contributed by atoms with Crippen LogP contribution in [0.5, 0.6) is 0 Å². The van der Waals surface area contributed by atoms with Crippen LogP contribution < -0.4 is 0 Å². The van der Waals surface area contributed by atoms with Crippen LogP contribution in [-0.2, 0) is 35.7 Å². The van der Waals surface area contributed by atoms with Crippen LogP contribution in [0, 0.1) is 32.7 Å². The third-order valence-corrected chi connectivity index (χ3v) is 2.58. The molecule has 2 aromatic carbocycles. The number of hydrogen-bond acceptors (Lipinski definition) is 1. The summed E-state index contributed by atoms with van der Waals surface area (Å²) in [7, 11) is 0. The van der Waals surface area contributed by atoms with Gasteiger partial charge < -0.3 is 0 Å². The van der Waals surface area contributed by atoms with Gasteiger partial charge in [0.1, 0.15) is 0 Å². The summed E-state index contributed by atoms with van der Waals surface area (Å²) >= 11 is 0. The topological polar surface area (TPSA) is 92.5 Å². The van der Waals surface area contributed by atoms with Crippen molar-refractivity contribution in [1.29, 1.82) is 0 Å². The van der Waals surface area contributed by atoms with Gasteiger partial charge in [0, 0.05) is 17.1 Å². The molecule has 0 saturated heterocycles. The first-order valence-electron chi connectivity index (χ1n) is 6.08. The third-order valence-electron chi connectivity index (χ3n) is 2.58. The van der Waals surface area contributed by atoms with Crippen molar-refractivity contribution in [2.45, 2.75) is 0 Å². The molecule has 1 heterocycles. The molecule has 5 nitrogen and oxygen atoms in total. The molecule has 0 atom stereocenters. The van der Waals surface area contributed by atoms with Crippen LogP contribution >= 0.6 is 0 Å². The van der Waals surface area contributed by atoms with Gasteiger partial charge in [-0.1, -0.05) is 30.3 Å². The van der Waals surface area contributed by atoms with Gasteiger partial charge in [0.15, 0.2) is 0 Å². The molecule has 0 fully saturated rings. The van der Waals surface area contributed by atoms with Crippen molar-refractivity contribution in [3.63, 3.8) is 0 Å². The van der Waals surface area contributed by atoms with Gasteiger partial charge in [-0.15, -0.1) is 35.9 Å². The molecule has 0 aliphatic rings. The zero-order valence-electron chi connectivity index (χ0n) is 12.7. The Morgan fingerprint density at radius 3 is 1.80 bits per heavy atom.